The fraction of sp³-hybridized carbons (Fsp3) is 0.421. The maximum Gasteiger partial charge on any atom is 0.258 e. The highest BCUT2D eigenvalue weighted by Gasteiger charge is 2.18. The Morgan fingerprint density at radius 1 is 1.31 bits per heavy atom. The molecule has 1 saturated carbocycles. The summed E-state index contributed by atoms with van der Waals surface area (Å²) in [6.45, 7) is 0.571. The SMILES string of the molecule is O=C(COc1ccccc1Cl)NCCn1cnc(C2CCCC2)cc1=O. The van der Waals surface area contributed by atoms with Gasteiger partial charge in [0.15, 0.2) is 6.61 Å². The first-order valence-electron chi connectivity index (χ1n) is 8.84. The van der Waals surface area contributed by atoms with Crippen LogP contribution >= 0.6 is 11.6 Å². The van der Waals surface area contributed by atoms with Crippen LogP contribution in [0.15, 0.2) is 41.5 Å². The summed E-state index contributed by atoms with van der Waals surface area (Å²) in [5.41, 5.74) is 0.810. The van der Waals surface area contributed by atoms with Crippen molar-refractivity contribution in [2.24, 2.45) is 0 Å². The van der Waals surface area contributed by atoms with Crippen LogP contribution in [0.3, 0.4) is 0 Å². The average Bonchev–Trinajstić information content (AvgIpc) is 3.17. The lowest BCUT2D eigenvalue weighted by atomic mass is 10.0. The number of benzene rings is 1. The Labute approximate surface area is 157 Å². The largest absolute Gasteiger partial charge is 0.482 e. The van der Waals surface area contributed by atoms with Crippen molar-refractivity contribution in [1.82, 2.24) is 14.9 Å². The van der Waals surface area contributed by atoms with E-state index in [1.54, 1.807) is 36.7 Å². The summed E-state index contributed by atoms with van der Waals surface area (Å²) in [6.07, 6.45) is 6.20. The summed E-state index contributed by atoms with van der Waals surface area (Å²) < 4.78 is 6.88. The van der Waals surface area contributed by atoms with Crippen LogP contribution in [0.2, 0.25) is 5.02 Å². The summed E-state index contributed by atoms with van der Waals surface area (Å²) in [6, 6.07) is 8.60. The molecule has 138 valence electrons. The van der Waals surface area contributed by atoms with Crippen LogP contribution in [0.25, 0.3) is 0 Å². The molecular formula is C19H22ClN3O3. The Balaban J connectivity index is 1.45. The molecule has 0 aliphatic heterocycles. The second kappa shape index (κ2) is 8.85. The number of carbonyl (C=O) groups is 1. The molecule has 0 bridgehead atoms. The van der Waals surface area contributed by atoms with Gasteiger partial charge in [-0.25, -0.2) is 4.98 Å². The Bertz CT molecular complexity index is 816. The van der Waals surface area contributed by atoms with E-state index >= 15 is 0 Å². The molecule has 1 fully saturated rings. The number of nitrogens with one attached hydrogen (secondary N) is 1. The summed E-state index contributed by atoms with van der Waals surface area (Å²) >= 11 is 5.97. The van der Waals surface area contributed by atoms with Crippen molar-refractivity contribution in [3.8, 4) is 5.75 Å². The highest BCUT2D eigenvalue weighted by atomic mass is 35.5. The van der Waals surface area contributed by atoms with Gasteiger partial charge in [-0.3, -0.25) is 14.2 Å². The molecule has 0 unspecified atom stereocenters. The zero-order valence-corrected chi connectivity index (χ0v) is 15.2. The lowest BCUT2D eigenvalue weighted by Crippen LogP contribution is -2.34. The molecule has 1 amide bonds. The Morgan fingerprint density at radius 3 is 2.81 bits per heavy atom. The number of rotatable bonds is 7. The van der Waals surface area contributed by atoms with Crippen molar-refractivity contribution >= 4 is 17.5 Å². The van der Waals surface area contributed by atoms with Crippen LogP contribution in [0.5, 0.6) is 5.75 Å². The van der Waals surface area contributed by atoms with Crippen molar-refractivity contribution in [2.45, 2.75) is 38.1 Å². The first kappa shape index (κ1) is 18.5. The number of aromatic nitrogens is 2. The molecule has 1 aromatic heterocycles. The number of hydrogen-bond donors (Lipinski definition) is 1. The normalized spacial score (nSPS) is 14.3. The summed E-state index contributed by atoms with van der Waals surface area (Å²) in [4.78, 5) is 28.5. The van der Waals surface area contributed by atoms with Gasteiger partial charge < -0.3 is 10.1 Å². The molecule has 0 atom stereocenters. The van der Waals surface area contributed by atoms with E-state index in [4.69, 9.17) is 16.3 Å². The van der Waals surface area contributed by atoms with E-state index in [0.717, 1.165) is 18.5 Å². The molecule has 0 saturated heterocycles. The third-order valence-corrected chi connectivity index (χ3v) is 4.86. The molecule has 0 radical (unpaired) electrons. The van der Waals surface area contributed by atoms with E-state index in [1.165, 1.54) is 17.4 Å². The van der Waals surface area contributed by atoms with Crippen molar-refractivity contribution in [3.05, 3.63) is 57.7 Å². The number of carbonyl (C=O) groups excluding carboxylic acids is 1. The molecule has 6 nitrogen and oxygen atoms in total. The highest BCUT2D eigenvalue weighted by molar-refractivity contribution is 6.32. The van der Waals surface area contributed by atoms with Gasteiger partial charge in [0.2, 0.25) is 0 Å². The second-order valence-electron chi connectivity index (χ2n) is 6.40. The molecule has 1 aliphatic rings. The van der Waals surface area contributed by atoms with Crippen molar-refractivity contribution < 1.29 is 9.53 Å². The van der Waals surface area contributed by atoms with Crippen LogP contribution in [0.4, 0.5) is 0 Å². The minimum Gasteiger partial charge on any atom is -0.482 e. The maximum atomic E-state index is 12.2. The number of nitrogens with zero attached hydrogens (tertiary/aromatic N) is 2. The Kier molecular flexibility index (Phi) is 6.28. The molecule has 1 N–H and O–H groups in total. The van der Waals surface area contributed by atoms with E-state index in [2.05, 4.69) is 10.3 Å². The number of amides is 1. The monoisotopic (exact) mass is 375 g/mol. The number of ether oxygens (including phenoxy) is 1. The summed E-state index contributed by atoms with van der Waals surface area (Å²) in [7, 11) is 0. The van der Waals surface area contributed by atoms with Crippen LogP contribution in [-0.2, 0) is 11.3 Å². The number of halogens is 1. The molecule has 2 aromatic rings. The molecular weight excluding hydrogens is 354 g/mol. The fourth-order valence-electron chi connectivity index (χ4n) is 3.12. The van der Waals surface area contributed by atoms with Gasteiger partial charge in [0.05, 0.1) is 17.0 Å². The molecule has 1 aliphatic carbocycles. The van der Waals surface area contributed by atoms with Gasteiger partial charge in [0.1, 0.15) is 5.75 Å². The third-order valence-electron chi connectivity index (χ3n) is 4.54. The van der Waals surface area contributed by atoms with E-state index in [-0.39, 0.29) is 18.1 Å². The fourth-order valence-corrected chi connectivity index (χ4v) is 3.31. The molecule has 0 spiro atoms. The number of para-hydroxylation sites is 1. The lowest BCUT2D eigenvalue weighted by Gasteiger charge is -2.11. The first-order chi connectivity index (χ1) is 12.6. The number of hydrogen-bond acceptors (Lipinski definition) is 4. The molecule has 1 aromatic carbocycles. The molecule has 1 heterocycles. The van der Waals surface area contributed by atoms with Gasteiger partial charge in [-0.1, -0.05) is 36.6 Å². The molecule has 7 heteroatoms. The smallest absolute Gasteiger partial charge is 0.258 e. The van der Waals surface area contributed by atoms with E-state index in [1.807, 2.05) is 0 Å². The minimum atomic E-state index is -0.270. The summed E-state index contributed by atoms with van der Waals surface area (Å²) in [5, 5.41) is 3.18. The quantitative estimate of drug-likeness (QED) is 0.807. The highest BCUT2D eigenvalue weighted by Crippen LogP contribution is 2.32. The van der Waals surface area contributed by atoms with Crippen LogP contribution in [-0.4, -0.2) is 28.6 Å². The summed E-state index contributed by atoms with van der Waals surface area (Å²) in [5.74, 6) is 0.611. The van der Waals surface area contributed by atoms with Crippen molar-refractivity contribution in [2.75, 3.05) is 13.2 Å². The molecule has 26 heavy (non-hydrogen) atoms. The third kappa shape index (κ3) is 4.85. The predicted octanol–water partition coefficient (Wildman–Crippen LogP) is 2.75. The standard InChI is InChI=1S/C19H22ClN3O3/c20-15-7-3-4-8-17(15)26-12-18(24)21-9-10-23-13-22-16(11-19(23)25)14-5-1-2-6-14/h3-4,7-8,11,13-14H,1-2,5-6,9-10,12H2,(H,21,24). The van der Waals surface area contributed by atoms with E-state index in [9.17, 15) is 9.59 Å². The Hall–Kier alpha value is -2.34. The van der Waals surface area contributed by atoms with Gasteiger partial charge in [-0.05, 0) is 25.0 Å². The molecule has 3 rings (SSSR count). The lowest BCUT2D eigenvalue weighted by molar-refractivity contribution is -0.123. The van der Waals surface area contributed by atoms with E-state index < -0.39 is 0 Å². The maximum absolute atomic E-state index is 12.2. The first-order valence-corrected chi connectivity index (χ1v) is 9.21. The zero-order valence-electron chi connectivity index (χ0n) is 14.5. The van der Waals surface area contributed by atoms with Crippen molar-refractivity contribution in [1.29, 1.82) is 0 Å². The van der Waals surface area contributed by atoms with Gasteiger partial charge >= 0.3 is 0 Å². The zero-order chi connectivity index (χ0) is 18.4. The van der Waals surface area contributed by atoms with E-state index in [0.29, 0.717) is 29.8 Å². The van der Waals surface area contributed by atoms with Crippen LogP contribution < -0.4 is 15.6 Å². The van der Waals surface area contributed by atoms with Gasteiger partial charge in [0, 0.05) is 25.1 Å². The van der Waals surface area contributed by atoms with Gasteiger partial charge in [-0.15, -0.1) is 0 Å². The Morgan fingerprint density at radius 2 is 2.08 bits per heavy atom. The predicted molar refractivity (Wildman–Crippen MR) is 99.7 cm³/mol. The van der Waals surface area contributed by atoms with Crippen LogP contribution in [0, 0.1) is 0 Å². The van der Waals surface area contributed by atoms with Crippen molar-refractivity contribution in [3.63, 3.8) is 0 Å². The second-order valence-corrected chi connectivity index (χ2v) is 6.80. The van der Waals surface area contributed by atoms with Gasteiger partial charge in [0.25, 0.3) is 11.5 Å². The average molecular weight is 376 g/mol. The topological polar surface area (TPSA) is 73.2 Å². The minimum absolute atomic E-state index is 0.0801. The van der Waals surface area contributed by atoms with Gasteiger partial charge in [-0.2, -0.15) is 0 Å². The van der Waals surface area contributed by atoms with Crippen LogP contribution in [0.1, 0.15) is 37.3 Å².